The minimum atomic E-state index is -0.713. The number of dihydropyridines is 1. The van der Waals surface area contributed by atoms with E-state index < -0.39 is 17.9 Å². The van der Waals surface area contributed by atoms with E-state index in [1.165, 1.54) is 0 Å². The molecule has 1 aliphatic rings. The molecular weight excluding hydrogens is 336 g/mol. The molecule has 0 amide bonds. The van der Waals surface area contributed by atoms with Crippen molar-refractivity contribution in [1.82, 2.24) is 10.3 Å². The zero-order valence-corrected chi connectivity index (χ0v) is 15.4. The van der Waals surface area contributed by atoms with Gasteiger partial charge in [-0.3, -0.25) is 4.98 Å². The summed E-state index contributed by atoms with van der Waals surface area (Å²) in [5.41, 5.74) is 2.31. The standard InChI is InChI=1S/C19H24N2O5/c1-11(2)26-19(24)16-13(4)21-12(3)15(18(23)25-10-9-22)17(16)14-7-5-6-8-20-14/h5-8,11,17,21-22H,9-10H2,1-4H3. The molecule has 0 saturated heterocycles. The average molecular weight is 360 g/mol. The Kier molecular flexibility index (Phi) is 6.52. The van der Waals surface area contributed by atoms with Crippen LogP contribution in [0.25, 0.3) is 0 Å². The smallest absolute Gasteiger partial charge is 0.337 e. The Morgan fingerprint density at radius 1 is 1.19 bits per heavy atom. The highest BCUT2D eigenvalue weighted by atomic mass is 16.5. The van der Waals surface area contributed by atoms with E-state index >= 15 is 0 Å². The van der Waals surface area contributed by atoms with Gasteiger partial charge in [0.05, 0.1) is 35.5 Å². The van der Waals surface area contributed by atoms with E-state index in [4.69, 9.17) is 14.6 Å². The number of allylic oxidation sites excluding steroid dienone is 2. The molecular formula is C19H24N2O5. The molecule has 0 aliphatic carbocycles. The number of aromatic nitrogens is 1. The Hall–Kier alpha value is -2.67. The van der Waals surface area contributed by atoms with E-state index in [0.29, 0.717) is 22.7 Å². The molecule has 0 aromatic carbocycles. The minimum Gasteiger partial charge on any atom is -0.460 e. The molecule has 0 radical (unpaired) electrons. The number of pyridine rings is 1. The number of nitrogens with zero attached hydrogens (tertiary/aromatic N) is 1. The van der Waals surface area contributed by atoms with Crippen LogP contribution in [0.2, 0.25) is 0 Å². The van der Waals surface area contributed by atoms with Crippen molar-refractivity contribution in [2.45, 2.75) is 39.7 Å². The molecule has 7 heteroatoms. The van der Waals surface area contributed by atoms with Crippen LogP contribution in [0.3, 0.4) is 0 Å². The lowest BCUT2D eigenvalue weighted by Gasteiger charge is -2.30. The van der Waals surface area contributed by atoms with Crippen molar-refractivity contribution < 1.29 is 24.2 Å². The normalized spacial score (nSPS) is 17.2. The Bertz CT molecular complexity index is 738. The number of aliphatic hydroxyl groups is 1. The van der Waals surface area contributed by atoms with Gasteiger partial charge in [0, 0.05) is 17.6 Å². The fourth-order valence-electron chi connectivity index (χ4n) is 2.87. The third-order valence-corrected chi connectivity index (χ3v) is 3.85. The van der Waals surface area contributed by atoms with E-state index in [-0.39, 0.29) is 24.9 Å². The van der Waals surface area contributed by atoms with Gasteiger partial charge in [-0.2, -0.15) is 0 Å². The second-order valence-electron chi connectivity index (χ2n) is 6.20. The summed E-state index contributed by atoms with van der Waals surface area (Å²) < 4.78 is 10.5. The van der Waals surface area contributed by atoms with E-state index in [9.17, 15) is 9.59 Å². The van der Waals surface area contributed by atoms with Crippen LogP contribution in [0.4, 0.5) is 0 Å². The van der Waals surface area contributed by atoms with E-state index in [1.54, 1.807) is 52.1 Å². The lowest BCUT2D eigenvalue weighted by atomic mass is 9.82. The summed E-state index contributed by atoms with van der Waals surface area (Å²) in [6.45, 7) is 6.61. The second kappa shape index (κ2) is 8.62. The van der Waals surface area contributed by atoms with Crippen LogP contribution in [-0.4, -0.2) is 41.3 Å². The molecule has 0 bridgehead atoms. The van der Waals surface area contributed by atoms with Crippen molar-refractivity contribution >= 4 is 11.9 Å². The van der Waals surface area contributed by atoms with Crippen molar-refractivity contribution in [3.05, 3.63) is 52.6 Å². The maximum absolute atomic E-state index is 12.7. The van der Waals surface area contributed by atoms with Gasteiger partial charge in [-0.25, -0.2) is 9.59 Å². The fraction of sp³-hybridized carbons (Fsp3) is 0.421. The Labute approximate surface area is 152 Å². The zero-order chi connectivity index (χ0) is 19.3. The van der Waals surface area contributed by atoms with E-state index in [0.717, 1.165) is 0 Å². The summed E-state index contributed by atoms with van der Waals surface area (Å²) in [7, 11) is 0. The Balaban J connectivity index is 2.54. The van der Waals surface area contributed by atoms with E-state index in [2.05, 4.69) is 10.3 Å². The van der Waals surface area contributed by atoms with Crippen molar-refractivity contribution in [3.63, 3.8) is 0 Å². The maximum Gasteiger partial charge on any atom is 0.337 e. The van der Waals surface area contributed by atoms with Crippen LogP contribution in [0.1, 0.15) is 39.3 Å². The minimum absolute atomic E-state index is 0.126. The third-order valence-electron chi connectivity index (χ3n) is 3.85. The van der Waals surface area contributed by atoms with Crippen LogP contribution in [0, 0.1) is 0 Å². The molecule has 1 unspecified atom stereocenters. The molecule has 2 rings (SSSR count). The first-order chi connectivity index (χ1) is 12.4. The largest absolute Gasteiger partial charge is 0.460 e. The average Bonchev–Trinajstić information content (AvgIpc) is 2.59. The van der Waals surface area contributed by atoms with Crippen molar-refractivity contribution in [2.75, 3.05) is 13.2 Å². The van der Waals surface area contributed by atoms with Crippen LogP contribution in [0.15, 0.2) is 46.9 Å². The fourth-order valence-corrected chi connectivity index (χ4v) is 2.87. The lowest BCUT2D eigenvalue weighted by Crippen LogP contribution is -2.33. The number of nitrogens with one attached hydrogen (secondary N) is 1. The predicted molar refractivity (Wildman–Crippen MR) is 94.8 cm³/mol. The Morgan fingerprint density at radius 2 is 1.85 bits per heavy atom. The van der Waals surface area contributed by atoms with Crippen molar-refractivity contribution in [3.8, 4) is 0 Å². The first-order valence-electron chi connectivity index (χ1n) is 8.45. The lowest BCUT2D eigenvalue weighted by molar-refractivity contribution is -0.143. The number of carbonyl (C=O) groups is 2. The van der Waals surface area contributed by atoms with Gasteiger partial charge in [-0.05, 0) is 39.8 Å². The summed E-state index contributed by atoms with van der Waals surface area (Å²) >= 11 is 0. The number of aliphatic hydroxyl groups excluding tert-OH is 1. The van der Waals surface area contributed by atoms with Gasteiger partial charge in [0.25, 0.3) is 0 Å². The number of esters is 2. The SMILES string of the molecule is CC1=C(C(=O)OCCO)C(c2ccccn2)C(C(=O)OC(C)C)=C(C)N1. The zero-order valence-electron chi connectivity index (χ0n) is 15.4. The maximum atomic E-state index is 12.7. The number of hydrogen-bond acceptors (Lipinski definition) is 7. The van der Waals surface area contributed by atoms with Gasteiger partial charge in [-0.1, -0.05) is 6.07 Å². The molecule has 2 heterocycles. The molecule has 2 N–H and O–H groups in total. The molecule has 1 aromatic rings. The first kappa shape index (κ1) is 19.7. The summed E-state index contributed by atoms with van der Waals surface area (Å²) in [5.74, 6) is -1.84. The molecule has 0 spiro atoms. The van der Waals surface area contributed by atoms with Gasteiger partial charge in [0.15, 0.2) is 0 Å². The molecule has 0 saturated carbocycles. The van der Waals surface area contributed by atoms with Crippen molar-refractivity contribution in [1.29, 1.82) is 0 Å². The summed E-state index contributed by atoms with van der Waals surface area (Å²) in [6, 6.07) is 5.29. The second-order valence-corrected chi connectivity index (χ2v) is 6.20. The number of ether oxygens (including phenoxy) is 2. The van der Waals surface area contributed by atoms with Gasteiger partial charge in [0.2, 0.25) is 0 Å². The van der Waals surface area contributed by atoms with E-state index in [1.807, 2.05) is 0 Å². The molecule has 0 fully saturated rings. The molecule has 7 nitrogen and oxygen atoms in total. The quantitative estimate of drug-likeness (QED) is 0.747. The molecule has 26 heavy (non-hydrogen) atoms. The van der Waals surface area contributed by atoms with Gasteiger partial charge < -0.3 is 19.9 Å². The molecule has 1 aliphatic heterocycles. The van der Waals surface area contributed by atoms with Crippen LogP contribution >= 0.6 is 0 Å². The topological polar surface area (TPSA) is 97.8 Å². The van der Waals surface area contributed by atoms with Crippen LogP contribution < -0.4 is 5.32 Å². The van der Waals surface area contributed by atoms with Crippen molar-refractivity contribution in [2.24, 2.45) is 0 Å². The highest BCUT2D eigenvalue weighted by Crippen LogP contribution is 2.38. The molecule has 140 valence electrons. The van der Waals surface area contributed by atoms with Gasteiger partial charge >= 0.3 is 11.9 Å². The highest BCUT2D eigenvalue weighted by molar-refractivity contribution is 5.99. The first-order valence-corrected chi connectivity index (χ1v) is 8.45. The summed E-state index contributed by atoms with van der Waals surface area (Å²) in [5, 5.41) is 12.0. The van der Waals surface area contributed by atoms with Gasteiger partial charge in [0.1, 0.15) is 6.61 Å². The number of carbonyl (C=O) groups excluding carboxylic acids is 2. The predicted octanol–water partition coefficient (Wildman–Crippen LogP) is 1.80. The molecule has 1 aromatic heterocycles. The van der Waals surface area contributed by atoms with Gasteiger partial charge in [-0.15, -0.1) is 0 Å². The third kappa shape index (κ3) is 4.29. The summed E-state index contributed by atoms with van der Waals surface area (Å²) in [6.07, 6.45) is 1.30. The van der Waals surface area contributed by atoms with Crippen LogP contribution in [-0.2, 0) is 19.1 Å². The Morgan fingerprint density at radius 3 is 2.38 bits per heavy atom. The summed E-state index contributed by atoms with van der Waals surface area (Å²) in [4.78, 5) is 29.7. The highest BCUT2D eigenvalue weighted by Gasteiger charge is 2.38. The molecule has 1 atom stereocenters. The number of rotatable bonds is 6. The number of hydrogen-bond donors (Lipinski definition) is 2. The van der Waals surface area contributed by atoms with Crippen LogP contribution in [0.5, 0.6) is 0 Å². The monoisotopic (exact) mass is 360 g/mol.